The molecule has 0 aliphatic carbocycles. The third-order valence-electron chi connectivity index (χ3n) is 6.30. The molecule has 10 heteroatoms. The van der Waals surface area contributed by atoms with Crippen molar-refractivity contribution in [2.75, 3.05) is 20.3 Å². The van der Waals surface area contributed by atoms with Gasteiger partial charge in [-0.3, -0.25) is 9.36 Å². The number of esters is 1. The van der Waals surface area contributed by atoms with Crippen LogP contribution < -0.4 is 24.4 Å². The molecular weight excluding hydrogens is 544 g/mol. The van der Waals surface area contributed by atoms with Crippen LogP contribution in [0.2, 0.25) is 0 Å². The Hall–Kier alpha value is -4.96. The van der Waals surface area contributed by atoms with E-state index in [2.05, 4.69) is 0 Å². The number of benzene rings is 3. The summed E-state index contributed by atoms with van der Waals surface area (Å²) in [6.45, 7) is 1.40. The zero-order chi connectivity index (χ0) is 28.9. The van der Waals surface area contributed by atoms with E-state index in [0.717, 1.165) is 0 Å². The van der Waals surface area contributed by atoms with Gasteiger partial charge in [0, 0.05) is 5.56 Å². The molecule has 0 unspecified atom stereocenters. The monoisotopic (exact) mass is 570 g/mol. The standard InChI is InChI=1S/C31H26N2O7S/c1-3-39-30(37)26-27(20-10-5-4-6-11-20)32-31-33(28(26)21-12-8-13-22(17-21)38-2)29(36)24(41-31)16-19-9-7-14-23(15-19)40-18-25(34)35/h4-17,28H,3,18H2,1-2H3,(H,34,35)/b24-16+/t28-/m0/s1. The van der Waals surface area contributed by atoms with Crippen molar-refractivity contribution in [3.05, 3.63) is 121 Å². The van der Waals surface area contributed by atoms with E-state index in [1.54, 1.807) is 62.6 Å². The van der Waals surface area contributed by atoms with Crippen LogP contribution in [-0.4, -0.2) is 41.9 Å². The first kappa shape index (κ1) is 27.6. The summed E-state index contributed by atoms with van der Waals surface area (Å²) in [4.78, 5) is 43.7. The summed E-state index contributed by atoms with van der Waals surface area (Å²) in [7, 11) is 1.55. The van der Waals surface area contributed by atoms with Gasteiger partial charge in [0.05, 0.1) is 35.6 Å². The lowest BCUT2D eigenvalue weighted by atomic mass is 9.93. The first-order chi connectivity index (χ1) is 19.9. The number of carbonyl (C=O) groups is 2. The van der Waals surface area contributed by atoms with Gasteiger partial charge in [-0.2, -0.15) is 0 Å². The van der Waals surface area contributed by atoms with Crippen molar-refractivity contribution >= 4 is 35.0 Å². The zero-order valence-corrected chi connectivity index (χ0v) is 23.1. The molecule has 2 heterocycles. The lowest BCUT2D eigenvalue weighted by molar-refractivity contribution is -0.140. The van der Waals surface area contributed by atoms with Crippen LogP contribution in [0, 0.1) is 0 Å². The van der Waals surface area contributed by atoms with Gasteiger partial charge in [-0.25, -0.2) is 14.6 Å². The molecule has 1 aliphatic heterocycles. The number of thiazole rings is 1. The maximum Gasteiger partial charge on any atom is 0.341 e. The van der Waals surface area contributed by atoms with E-state index in [9.17, 15) is 14.4 Å². The van der Waals surface area contributed by atoms with Crippen LogP contribution in [0.3, 0.4) is 0 Å². The first-order valence-corrected chi connectivity index (χ1v) is 13.6. The predicted molar refractivity (Wildman–Crippen MR) is 154 cm³/mol. The molecule has 1 N–H and O–H groups in total. The van der Waals surface area contributed by atoms with Crippen molar-refractivity contribution in [3.8, 4) is 11.5 Å². The number of carbonyl (C=O) groups excluding carboxylic acids is 1. The van der Waals surface area contributed by atoms with Crippen LogP contribution in [0.5, 0.6) is 11.5 Å². The largest absolute Gasteiger partial charge is 0.497 e. The molecule has 3 aromatic carbocycles. The summed E-state index contributed by atoms with van der Waals surface area (Å²) in [6, 6.07) is 22.5. The van der Waals surface area contributed by atoms with Crippen molar-refractivity contribution in [2.45, 2.75) is 13.0 Å². The van der Waals surface area contributed by atoms with Gasteiger partial charge in [-0.05, 0) is 48.4 Å². The second-order valence-electron chi connectivity index (χ2n) is 8.96. The number of nitrogens with zero attached hydrogens (tertiary/aromatic N) is 2. The van der Waals surface area contributed by atoms with Crippen molar-refractivity contribution in [3.63, 3.8) is 0 Å². The number of methoxy groups -OCH3 is 1. The molecule has 1 aromatic heterocycles. The van der Waals surface area contributed by atoms with Crippen LogP contribution in [0.15, 0.2) is 94.2 Å². The van der Waals surface area contributed by atoms with Crippen molar-refractivity contribution in [1.82, 2.24) is 4.57 Å². The fourth-order valence-electron chi connectivity index (χ4n) is 4.56. The SMILES string of the molecule is CCOC(=O)C1=C(c2ccccc2)N=c2s/c(=C/c3cccc(OCC(=O)O)c3)c(=O)n2[C@H]1c1cccc(OC)c1. The second kappa shape index (κ2) is 12.1. The lowest BCUT2D eigenvalue weighted by Gasteiger charge is -2.26. The van der Waals surface area contributed by atoms with Gasteiger partial charge in [0.2, 0.25) is 0 Å². The summed E-state index contributed by atoms with van der Waals surface area (Å²) in [5.41, 5.74) is 2.34. The molecule has 208 valence electrons. The lowest BCUT2D eigenvalue weighted by Crippen LogP contribution is -2.40. The fraction of sp³-hybridized carbons (Fsp3) is 0.161. The molecule has 0 bridgehead atoms. The van der Waals surface area contributed by atoms with Gasteiger partial charge < -0.3 is 19.3 Å². The maximum absolute atomic E-state index is 14.0. The average molecular weight is 571 g/mol. The molecular formula is C31H26N2O7S. The third-order valence-corrected chi connectivity index (χ3v) is 7.28. The number of hydrogen-bond acceptors (Lipinski definition) is 8. The summed E-state index contributed by atoms with van der Waals surface area (Å²) >= 11 is 1.19. The topological polar surface area (TPSA) is 116 Å². The number of carboxylic acids is 1. The summed E-state index contributed by atoms with van der Waals surface area (Å²) in [6.07, 6.45) is 1.69. The first-order valence-electron chi connectivity index (χ1n) is 12.8. The Kier molecular flexibility index (Phi) is 8.11. The summed E-state index contributed by atoms with van der Waals surface area (Å²) < 4.78 is 18.1. The van der Waals surface area contributed by atoms with E-state index < -0.39 is 24.6 Å². The molecule has 9 nitrogen and oxygen atoms in total. The summed E-state index contributed by atoms with van der Waals surface area (Å²) in [5, 5.41) is 8.93. The number of rotatable bonds is 9. The maximum atomic E-state index is 14.0. The van der Waals surface area contributed by atoms with Gasteiger partial charge >= 0.3 is 11.9 Å². The molecule has 41 heavy (non-hydrogen) atoms. The highest BCUT2D eigenvalue weighted by Crippen LogP contribution is 2.36. The summed E-state index contributed by atoms with van der Waals surface area (Å²) in [5.74, 6) is -0.725. The normalized spacial score (nSPS) is 14.7. The molecule has 0 fully saturated rings. The molecule has 0 radical (unpaired) electrons. The fourth-order valence-corrected chi connectivity index (χ4v) is 5.56. The van der Waals surface area contributed by atoms with Crippen LogP contribution in [0.4, 0.5) is 0 Å². The molecule has 1 aliphatic rings. The van der Waals surface area contributed by atoms with Crippen molar-refractivity contribution in [1.29, 1.82) is 0 Å². The van der Waals surface area contributed by atoms with E-state index in [1.165, 1.54) is 15.9 Å². The Morgan fingerprint density at radius 1 is 1.02 bits per heavy atom. The van der Waals surface area contributed by atoms with Crippen LogP contribution >= 0.6 is 11.3 Å². The Morgan fingerprint density at radius 3 is 2.51 bits per heavy atom. The van der Waals surface area contributed by atoms with E-state index in [0.29, 0.717) is 43.2 Å². The molecule has 0 saturated heterocycles. The number of hydrogen-bond donors (Lipinski definition) is 1. The predicted octanol–water partition coefficient (Wildman–Crippen LogP) is 3.41. The Morgan fingerprint density at radius 2 is 1.78 bits per heavy atom. The quantitative estimate of drug-likeness (QED) is 0.307. The molecule has 0 spiro atoms. The molecule has 0 saturated carbocycles. The highest BCUT2D eigenvalue weighted by atomic mass is 32.1. The van der Waals surface area contributed by atoms with Crippen LogP contribution in [0.25, 0.3) is 11.8 Å². The number of carboxylic acid groups (broad SMARTS) is 1. The molecule has 0 amide bonds. The smallest absolute Gasteiger partial charge is 0.341 e. The molecule has 5 rings (SSSR count). The average Bonchev–Trinajstić information content (AvgIpc) is 3.30. The zero-order valence-electron chi connectivity index (χ0n) is 22.3. The van der Waals surface area contributed by atoms with E-state index in [4.69, 9.17) is 24.3 Å². The van der Waals surface area contributed by atoms with Crippen molar-refractivity contribution < 1.29 is 28.9 Å². The second-order valence-corrected chi connectivity index (χ2v) is 9.97. The highest BCUT2D eigenvalue weighted by molar-refractivity contribution is 7.07. The van der Waals surface area contributed by atoms with E-state index in [1.807, 2.05) is 36.4 Å². The van der Waals surface area contributed by atoms with Crippen LogP contribution in [-0.2, 0) is 14.3 Å². The molecule has 1 atom stereocenters. The highest BCUT2D eigenvalue weighted by Gasteiger charge is 2.35. The Labute approximate surface area is 238 Å². The van der Waals surface area contributed by atoms with Gasteiger partial charge in [-0.15, -0.1) is 0 Å². The molecule has 4 aromatic rings. The number of aromatic nitrogens is 1. The van der Waals surface area contributed by atoms with Gasteiger partial charge in [-0.1, -0.05) is 65.9 Å². The van der Waals surface area contributed by atoms with Gasteiger partial charge in [0.25, 0.3) is 5.56 Å². The minimum Gasteiger partial charge on any atom is -0.497 e. The van der Waals surface area contributed by atoms with Crippen molar-refractivity contribution in [2.24, 2.45) is 4.99 Å². The minimum absolute atomic E-state index is 0.153. The van der Waals surface area contributed by atoms with Gasteiger partial charge in [0.15, 0.2) is 11.4 Å². The Balaban J connectivity index is 1.75. The third kappa shape index (κ3) is 5.82. The van der Waals surface area contributed by atoms with E-state index >= 15 is 0 Å². The van der Waals surface area contributed by atoms with Crippen LogP contribution in [0.1, 0.15) is 29.7 Å². The minimum atomic E-state index is -1.09. The number of fused-ring (bicyclic) bond motifs is 1. The number of ether oxygens (including phenoxy) is 3. The number of aliphatic carboxylic acids is 1. The van der Waals surface area contributed by atoms with Gasteiger partial charge in [0.1, 0.15) is 11.5 Å². The Bertz CT molecular complexity index is 1820. The van der Waals surface area contributed by atoms with E-state index in [-0.39, 0.29) is 17.7 Å².